The molecular formula is C16H16FN3O5. The summed E-state index contributed by atoms with van der Waals surface area (Å²) in [5.74, 6) is -2.15. The van der Waals surface area contributed by atoms with Crippen LogP contribution in [0.5, 0.6) is 0 Å². The quantitative estimate of drug-likeness (QED) is 0.609. The van der Waals surface area contributed by atoms with E-state index < -0.39 is 22.6 Å². The molecule has 0 saturated heterocycles. The van der Waals surface area contributed by atoms with Crippen molar-refractivity contribution in [2.45, 2.75) is 13.5 Å². The molecule has 0 aliphatic carbocycles. The first-order valence-electron chi connectivity index (χ1n) is 7.45. The van der Waals surface area contributed by atoms with Crippen molar-refractivity contribution in [3.63, 3.8) is 0 Å². The highest BCUT2D eigenvalue weighted by Gasteiger charge is 2.23. The monoisotopic (exact) mass is 349 g/mol. The van der Waals surface area contributed by atoms with Gasteiger partial charge >= 0.3 is 5.88 Å². The molecule has 0 fully saturated rings. The molecule has 132 valence electrons. The van der Waals surface area contributed by atoms with E-state index in [4.69, 9.17) is 4.42 Å². The zero-order chi connectivity index (χ0) is 18.4. The Hall–Kier alpha value is -3.23. The van der Waals surface area contributed by atoms with Crippen molar-refractivity contribution < 1.29 is 23.3 Å². The Morgan fingerprint density at radius 2 is 1.92 bits per heavy atom. The molecule has 0 radical (unpaired) electrons. The van der Waals surface area contributed by atoms with Gasteiger partial charge in [0.05, 0.1) is 12.6 Å². The number of hydrogen-bond acceptors (Lipinski definition) is 5. The molecule has 0 aliphatic heterocycles. The third-order valence-electron chi connectivity index (χ3n) is 3.39. The first kappa shape index (κ1) is 18.1. The van der Waals surface area contributed by atoms with Crippen molar-refractivity contribution in [1.82, 2.24) is 10.2 Å². The number of nitrogens with one attached hydrogen (secondary N) is 1. The molecule has 9 heteroatoms. The van der Waals surface area contributed by atoms with E-state index in [0.717, 1.165) is 6.07 Å². The van der Waals surface area contributed by atoms with Gasteiger partial charge in [0.15, 0.2) is 5.76 Å². The van der Waals surface area contributed by atoms with Gasteiger partial charge < -0.3 is 14.6 Å². The summed E-state index contributed by atoms with van der Waals surface area (Å²) in [6.07, 6.45) is 0. The summed E-state index contributed by atoms with van der Waals surface area (Å²) < 4.78 is 17.7. The second kappa shape index (κ2) is 8.04. The van der Waals surface area contributed by atoms with Gasteiger partial charge in [-0.3, -0.25) is 19.7 Å². The van der Waals surface area contributed by atoms with Crippen LogP contribution in [0.15, 0.2) is 40.8 Å². The minimum Gasteiger partial charge on any atom is -0.395 e. The number of rotatable bonds is 7. The lowest BCUT2D eigenvalue weighted by atomic mass is 10.2. The van der Waals surface area contributed by atoms with Gasteiger partial charge in [-0.05, 0) is 30.7 Å². The summed E-state index contributed by atoms with van der Waals surface area (Å²) in [4.78, 5) is 35.3. The molecule has 0 bridgehead atoms. The standard InChI is InChI=1S/C16H16FN3O5/c1-2-19(16(22)13-7-8-15(25-13)20(23)24)10-14(21)18-9-11-3-5-12(17)6-4-11/h3-8H,2,9-10H2,1H3,(H,18,21). The Bertz CT molecular complexity index is 772. The number of hydrogen-bond donors (Lipinski definition) is 1. The SMILES string of the molecule is CCN(CC(=O)NCc1ccc(F)cc1)C(=O)c1ccc([N+](=O)[O-])o1. The van der Waals surface area contributed by atoms with Crippen LogP contribution in [-0.2, 0) is 11.3 Å². The predicted octanol–water partition coefficient (Wildman–Crippen LogP) is 2.11. The Morgan fingerprint density at radius 1 is 1.24 bits per heavy atom. The Labute approximate surface area is 142 Å². The smallest absolute Gasteiger partial charge is 0.395 e. The lowest BCUT2D eigenvalue weighted by Crippen LogP contribution is -2.40. The summed E-state index contributed by atoms with van der Waals surface area (Å²) in [5, 5.41) is 13.2. The van der Waals surface area contributed by atoms with E-state index in [2.05, 4.69) is 5.32 Å². The van der Waals surface area contributed by atoms with Crippen molar-refractivity contribution in [3.05, 3.63) is 63.7 Å². The molecule has 1 N–H and O–H groups in total. The second-order valence-electron chi connectivity index (χ2n) is 5.12. The van der Waals surface area contributed by atoms with Gasteiger partial charge in [0, 0.05) is 13.1 Å². The fraction of sp³-hybridized carbons (Fsp3) is 0.250. The zero-order valence-electron chi connectivity index (χ0n) is 13.4. The van der Waals surface area contributed by atoms with Crippen molar-refractivity contribution in [3.8, 4) is 0 Å². The van der Waals surface area contributed by atoms with E-state index in [-0.39, 0.29) is 31.2 Å². The lowest BCUT2D eigenvalue weighted by Gasteiger charge is -2.19. The van der Waals surface area contributed by atoms with Crippen LogP contribution < -0.4 is 5.32 Å². The summed E-state index contributed by atoms with van der Waals surface area (Å²) in [5.41, 5.74) is 0.714. The summed E-state index contributed by atoms with van der Waals surface area (Å²) in [6, 6.07) is 7.93. The topological polar surface area (TPSA) is 106 Å². The van der Waals surface area contributed by atoms with E-state index in [1.165, 1.54) is 23.1 Å². The van der Waals surface area contributed by atoms with Gasteiger partial charge in [-0.2, -0.15) is 0 Å². The molecule has 0 saturated carbocycles. The molecule has 8 nitrogen and oxygen atoms in total. The fourth-order valence-corrected chi connectivity index (χ4v) is 2.06. The van der Waals surface area contributed by atoms with Gasteiger partial charge in [-0.1, -0.05) is 12.1 Å². The highest BCUT2D eigenvalue weighted by Crippen LogP contribution is 2.17. The second-order valence-corrected chi connectivity index (χ2v) is 5.12. The van der Waals surface area contributed by atoms with Crippen LogP contribution >= 0.6 is 0 Å². The van der Waals surface area contributed by atoms with Crippen LogP contribution in [0.1, 0.15) is 23.0 Å². The summed E-state index contributed by atoms with van der Waals surface area (Å²) in [7, 11) is 0. The number of furan rings is 1. The molecule has 0 aliphatic rings. The number of amides is 2. The lowest BCUT2D eigenvalue weighted by molar-refractivity contribution is -0.402. The Balaban J connectivity index is 1.93. The molecule has 1 aromatic heterocycles. The summed E-state index contributed by atoms with van der Waals surface area (Å²) in [6.45, 7) is 1.85. The Kier molecular flexibility index (Phi) is 5.83. The third-order valence-corrected chi connectivity index (χ3v) is 3.39. The molecule has 25 heavy (non-hydrogen) atoms. The molecule has 1 aromatic carbocycles. The molecule has 2 amide bonds. The highest BCUT2D eigenvalue weighted by atomic mass is 19.1. The number of nitrogens with zero attached hydrogens (tertiary/aromatic N) is 2. The molecule has 2 aromatic rings. The molecule has 1 heterocycles. The van der Waals surface area contributed by atoms with Crippen molar-refractivity contribution in [2.75, 3.05) is 13.1 Å². The van der Waals surface area contributed by atoms with Crippen LogP contribution in [0.2, 0.25) is 0 Å². The fourth-order valence-electron chi connectivity index (χ4n) is 2.06. The molecule has 0 atom stereocenters. The first-order chi connectivity index (χ1) is 11.9. The summed E-state index contributed by atoms with van der Waals surface area (Å²) >= 11 is 0. The average Bonchev–Trinajstić information content (AvgIpc) is 3.09. The van der Waals surface area contributed by atoms with E-state index in [0.29, 0.717) is 5.56 Å². The first-order valence-corrected chi connectivity index (χ1v) is 7.45. The number of carbonyl (C=O) groups is 2. The Morgan fingerprint density at radius 3 is 2.48 bits per heavy atom. The molecule has 2 rings (SSSR count). The number of benzene rings is 1. The van der Waals surface area contributed by atoms with Crippen molar-refractivity contribution in [1.29, 1.82) is 0 Å². The van der Waals surface area contributed by atoms with Crippen LogP contribution in [0.25, 0.3) is 0 Å². The minimum absolute atomic E-state index is 0.192. The van der Waals surface area contributed by atoms with Crippen molar-refractivity contribution in [2.24, 2.45) is 0 Å². The normalized spacial score (nSPS) is 10.3. The number of halogens is 1. The molecule has 0 spiro atoms. The predicted molar refractivity (Wildman–Crippen MR) is 85.2 cm³/mol. The van der Waals surface area contributed by atoms with Gasteiger partial charge in [0.2, 0.25) is 5.91 Å². The third kappa shape index (κ3) is 4.87. The van der Waals surface area contributed by atoms with Crippen LogP contribution in [-0.4, -0.2) is 34.7 Å². The maximum absolute atomic E-state index is 12.8. The van der Waals surface area contributed by atoms with Crippen molar-refractivity contribution >= 4 is 17.7 Å². The van der Waals surface area contributed by atoms with Crippen LogP contribution in [0.3, 0.4) is 0 Å². The average molecular weight is 349 g/mol. The molecular weight excluding hydrogens is 333 g/mol. The number of carbonyl (C=O) groups excluding carboxylic acids is 2. The van der Waals surface area contributed by atoms with Gasteiger partial charge in [0.1, 0.15) is 10.7 Å². The highest BCUT2D eigenvalue weighted by molar-refractivity contribution is 5.94. The number of likely N-dealkylation sites (N-methyl/N-ethyl adjacent to an activating group) is 1. The van der Waals surface area contributed by atoms with Gasteiger partial charge in [-0.15, -0.1) is 0 Å². The number of nitro groups is 1. The van der Waals surface area contributed by atoms with E-state index in [1.807, 2.05) is 0 Å². The zero-order valence-corrected chi connectivity index (χ0v) is 13.4. The van der Waals surface area contributed by atoms with Crippen LogP contribution in [0.4, 0.5) is 10.3 Å². The van der Waals surface area contributed by atoms with Crippen LogP contribution in [0, 0.1) is 15.9 Å². The van der Waals surface area contributed by atoms with E-state index in [1.54, 1.807) is 19.1 Å². The van der Waals surface area contributed by atoms with Gasteiger partial charge in [-0.25, -0.2) is 4.39 Å². The minimum atomic E-state index is -0.748. The maximum Gasteiger partial charge on any atom is 0.433 e. The largest absolute Gasteiger partial charge is 0.433 e. The van der Waals surface area contributed by atoms with E-state index in [9.17, 15) is 24.1 Å². The molecule has 0 unspecified atom stereocenters. The maximum atomic E-state index is 12.8. The van der Waals surface area contributed by atoms with Gasteiger partial charge in [0.25, 0.3) is 5.91 Å². The van der Waals surface area contributed by atoms with E-state index >= 15 is 0 Å².